The molecular weight excluding hydrogens is 667 g/mol. The van der Waals surface area contributed by atoms with Gasteiger partial charge < -0.3 is 34.7 Å². The molecule has 0 radical (unpaired) electrons. The van der Waals surface area contributed by atoms with E-state index < -0.39 is 53.8 Å². The highest BCUT2D eigenvalue weighted by atomic mass is 19.4. The summed E-state index contributed by atoms with van der Waals surface area (Å²) in [5.74, 6) is -2.39. The van der Waals surface area contributed by atoms with Gasteiger partial charge >= 0.3 is 12.5 Å². The van der Waals surface area contributed by atoms with Crippen LogP contribution in [-0.2, 0) is 27.2 Å². The Bertz CT molecular complexity index is 1560. The molecule has 3 aromatic rings. The Balaban J connectivity index is 1.56. The number of aliphatic hydroxyl groups excluding tert-OH is 1. The van der Waals surface area contributed by atoms with E-state index in [1.807, 2.05) is 54.9 Å². The van der Waals surface area contributed by atoms with Crippen molar-refractivity contribution in [2.45, 2.75) is 96.5 Å². The van der Waals surface area contributed by atoms with Crippen molar-refractivity contribution >= 4 is 17.9 Å². The number of carbonyl (C=O) groups is 3. The van der Waals surface area contributed by atoms with Gasteiger partial charge in [0, 0.05) is 31.4 Å². The van der Waals surface area contributed by atoms with E-state index in [-0.39, 0.29) is 37.1 Å². The molecule has 0 saturated carbocycles. The third-order valence-electron chi connectivity index (χ3n) is 8.65. The van der Waals surface area contributed by atoms with Crippen LogP contribution in [0.15, 0.2) is 73.3 Å². The van der Waals surface area contributed by atoms with Crippen molar-refractivity contribution in [1.29, 1.82) is 0 Å². The topological polar surface area (TPSA) is 135 Å². The predicted molar refractivity (Wildman–Crippen MR) is 183 cm³/mol. The van der Waals surface area contributed by atoms with E-state index in [0.717, 1.165) is 24.1 Å². The van der Waals surface area contributed by atoms with Gasteiger partial charge in [0.15, 0.2) is 0 Å². The molecule has 2 heterocycles. The molecule has 1 aliphatic rings. The van der Waals surface area contributed by atoms with Crippen LogP contribution in [0, 0.1) is 11.8 Å². The lowest BCUT2D eigenvalue weighted by molar-refractivity contribution is -0.274. The largest absolute Gasteiger partial charge is 0.573 e. The van der Waals surface area contributed by atoms with E-state index in [9.17, 15) is 32.7 Å². The minimum atomic E-state index is -4.87. The fourth-order valence-electron chi connectivity index (χ4n) is 6.11. The minimum absolute atomic E-state index is 0.0190. The summed E-state index contributed by atoms with van der Waals surface area (Å²) in [6, 6.07) is 12.7. The first-order valence-corrected chi connectivity index (χ1v) is 17.1. The van der Waals surface area contributed by atoms with E-state index in [4.69, 9.17) is 4.74 Å². The van der Waals surface area contributed by atoms with E-state index in [1.54, 1.807) is 38.2 Å². The van der Waals surface area contributed by atoms with Gasteiger partial charge in [-0.3, -0.25) is 9.59 Å². The molecule has 3 N–H and O–H groups in total. The summed E-state index contributed by atoms with van der Waals surface area (Å²) in [5.41, 5.74) is 0.527. The van der Waals surface area contributed by atoms with Crippen molar-refractivity contribution in [3.8, 4) is 5.75 Å². The van der Waals surface area contributed by atoms with Crippen molar-refractivity contribution < 1.29 is 42.1 Å². The molecule has 51 heavy (non-hydrogen) atoms. The number of nitrogens with zero attached hydrogens (tertiary/aromatic N) is 3. The second kappa shape index (κ2) is 17.1. The third kappa shape index (κ3) is 12.3. The number of alkyl halides is 3. The summed E-state index contributed by atoms with van der Waals surface area (Å²) in [6.07, 6.45) is -0.803. The maximum Gasteiger partial charge on any atom is 0.573 e. The molecule has 11 nitrogen and oxygen atoms in total. The van der Waals surface area contributed by atoms with Crippen LogP contribution in [0.2, 0.25) is 0 Å². The number of ether oxygens (including phenoxy) is 2. The first-order chi connectivity index (χ1) is 24.0. The zero-order valence-electron chi connectivity index (χ0n) is 29.6. The lowest BCUT2D eigenvalue weighted by Gasteiger charge is -2.31. The quantitative estimate of drug-likeness (QED) is 0.202. The Morgan fingerprint density at radius 2 is 1.65 bits per heavy atom. The molecule has 3 amide bonds. The van der Waals surface area contributed by atoms with Gasteiger partial charge in [0.05, 0.1) is 24.5 Å². The van der Waals surface area contributed by atoms with Crippen molar-refractivity contribution in [3.63, 3.8) is 0 Å². The number of imidazole rings is 1. The Hall–Kier alpha value is -4.59. The Kier molecular flexibility index (Phi) is 13.1. The number of aromatic nitrogens is 2. The highest BCUT2D eigenvalue weighted by Gasteiger charge is 2.37. The molecule has 0 aliphatic carbocycles. The number of likely N-dealkylation sites (tertiary alicyclic amines) is 1. The van der Waals surface area contributed by atoms with Crippen LogP contribution < -0.4 is 15.4 Å². The lowest BCUT2D eigenvalue weighted by atomic mass is 9.88. The zero-order chi connectivity index (χ0) is 37.3. The van der Waals surface area contributed by atoms with E-state index in [2.05, 4.69) is 20.4 Å². The zero-order valence-corrected chi connectivity index (χ0v) is 29.6. The number of amides is 3. The Labute approximate surface area is 296 Å². The highest BCUT2D eigenvalue weighted by Crippen LogP contribution is 2.26. The smallest absolute Gasteiger partial charge is 0.444 e. The summed E-state index contributed by atoms with van der Waals surface area (Å²) in [6.45, 7) is 9.77. The number of halogens is 3. The second-order valence-electron chi connectivity index (χ2n) is 14.3. The van der Waals surface area contributed by atoms with Gasteiger partial charge in [-0.05, 0) is 75.6 Å². The maximum absolute atomic E-state index is 14.1. The van der Waals surface area contributed by atoms with Crippen molar-refractivity contribution in [2.24, 2.45) is 11.8 Å². The lowest BCUT2D eigenvalue weighted by Crippen LogP contribution is -2.53. The van der Waals surface area contributed by atoms with Crippen molar-refractivity contribution in [3.05, 3.63) is 84.4 Å². The molecule has 2 aromatic carbocycles. The molecule has 1 saturated heterocycles. The molecular formula is C37H48F3N5O6. The van der Waals surface area contributed by atoms with Gasteiger partial charge in [-0.1, -0.05) is 56.3 Å². The molecule has 5 atom stereocenters. The van der Waals surface area contributed by atoms with Crippen LogP contribution in [0.1, 0.15) is 64.6 Å². The number of hydrogen-bond donors (Lipinski definition) is 3. The fourth-order valence-corrected chi connectivity index (χ4v) is 6.11. The Morgan fingerprint density at radius 3 is 2.24 bits per heavy atom. The summed E-state index contributed by atoms with van der Waals surface area (Å²) < 4.78 is 49.8. The molecule has 3 unspecified atom stereocenters. The van der Waals surface area contributed by atoms with Crippen LogP contribution >= 0.6 is 0 Å². The van der Waals surface area contributed by atoms with Crippen molar-refractivity contribution in [2.75, 3.05) is 13.1 Å². The molecule has 14 heteroatoms. The second-order valence-corrected chi connectivity index (χ2v) is 14.3. The monoisotopic (exact) mass is 715 g/mol. The average molecular weight is 716 g/mol. The summed E-state index contributed by atoms with van der Waals surface area (Å²) >= 11 is 0. The van der Waals surface area contributed by atoms with Crippen LogP contribution in [0.3, 0.4) is 0 Å². The maximum atomic E-state index is 14.1. The van der Waals surface area contributed by atoms with Gasteiger partial charge in [-0.15, -0.1) is 13.2 Å². The van der Waals surface area contributed by atoms with E-state index in [0.29, 0.717) is 18.7 Å². The molecule has 0 bridgehead atoms. The normalized spacial score (nSPS) is 17.4. The number of hydrogen-bond acceptors (Lipinski definition) is 7. The fraction of sp³-hybridized carbons (Fsp3) is 0.514. The van der Waals surface area contributed by atoms with Crippen LogP contribution in [0.5, 0.6) is 5.75 Å². The number of rotatable bonds is 14. The van der Waals surface area contributed by atoms with E-state index in [1.165, 1.54) is 12.1 Å². The number of aliphatic hydroxyl groups is 1. The van der Waals surface area contributed by atoms with Gasteiger partial charge in [-0.25, -0.2) is 9.78 Å². The van der Waals surface area contributed by atoms with Crippen molar-refractivity contribution in [1.82, 2.24) is 25.1 Å². The van der Waals surface area contributed by atoms with Gasteiger partial charge in [0.2, 0.25) is 11.8 Å². The SMILES string of the molecule is CC(C)[C@H](NC(=O)C(Cc1ccc(OC(F)(F)F)cc1)CC(O)C(Cc1ccccc1)NC(=O)OC(C)(C)C)C(=O)N1CC[C@H](n2ccnc2)C1. The molecule has 4 rings (SSSR count). The first-order valence-electron chi connectivity index (χ1n) is 17.1. The molecule has 1 aromatic heterocycles. The number of alkyl carbamates (subject to hydrolysis) is 1. The summed E-state index contributed by atoms with van der Waals surface area (Å²) in [4.78, 5) is 46.6. The standard InChI is InChI=1S/C37H48F3N5O6/c1-24(2)32(34(48)44-17-15-28(22-44)45-18-16-41-23-45)43-33(47)27(19-26-11-13-29(14-12-26)50-37(38,39)40)21-31(46)30(20-25-9-7-6-8-10-25)42-35(49)51-36(3,4)5/h6-14,16,18,23-24,27-28,30-32,46H,15,17,19-22H2,1-5H3,(H,42,49)(H,43,47)/t27?,28-,30?,31?,32-/m0/s1. The van der Waals surface area contributed by atoms with Gasteiger partial charge in [-0.2, -0.15) is 0 Å². The molecule has 1 aliphatic heterocycles. The van der Waals surface area contributed by atoms with Crippen LogP contribution in [0.4, 0.5) is 18.0 Å². The highest BCUT2D eigenvalue weighted by molar-refractivity contribution is 5.89. The molecule has 1 fully saturated rings. The molecule has 278 valence electrons. The summed E-state index contributed by atoms with van der Waals surface area (Å²) in [5, 5.41) is 17.3. The average Bonchev–Trinajstić information content (AvgIpc) is 3.75. The number of carbonyl (C=O) groups excluding carboxylic acids is 3. The first kappa shape index (κ1) is 39.2. The number of nitrogens with one attached hydrogen (secondary N) is 2. The van der Waals surface area contributed by atoms with Gasteiger partial charge in [0.25, 0.3) is 0 Å². The number of benzene rings is 2. The summed E-state index contributed by atoms with van der Waals surface area (Å²) in [7, 11) is 0. The Morgan fingerprint density at radius 1 is 0.980 bits per heavy atom. The third-order valence-corrected chi connectivity index (χ3v) is 8.65. The van der Waals surface area contributed by atoms with Crippen LogP contribution in [-0.4, -0.2) is 80.7 Å². The van der Waals surface area contributed by atoms with Gasteiger partial charge in [0.1, 0.15) is 17.4 Å². The van der Waals surface area contributed by atoms with E-state index >= 15 is 0 Å². The molecule has 0 spiro atoms. The predicted octanol–water partition coefficient (Wildman–Crippen LogP) is 5.44. The minimum Gasteiger partial charge on any atom is -0.444 e. The van der Waals surface area contributed by atoms with Crippen LogP contribution in [0.25, 0.3) is 0 Å².